The highest BCUT2D eigenvalue weighted by atomic mass is 32.2. The second-order valence-electron chi connectivity index (χ2n) is 3.07. The molecule has 0 heterocycles. The minimum atomic E-state index is -0.387. The van der Waals surface area contributed by atoms with Crippen molar-refractivity contribution in [1.29, 1.82) is 0 Å². The summed E-state index contributed by atoms with van der Waals surface area (Å²) in [6.45, 7) is 0. The molecule has 3 nitrogen and oxygen atoms in total. The lowest BCUT2D eigenvalue weighted by atomic mass is 10.3. The molecule has 0 amide bonds. The van der Waals surface area contributed by atoms with Gasteiger partial charge in [-0.15, -0.1) is 0 Å². The van der Waals surface area contributed by atoms with Gasteiger partial charge in [0.1, 0.15) is 0 Å². The number of nitro groups is 1. The number of benzene rings is 2. The zero-order valence-corrected chi connectivity index (χ0v) is 9.11. The van der Waals surface area contributed by atoms with Crippen LogP contribution in [0.5, 0.6) is 0 Å². The summed E-state index contributed by atoms with van der Waals surface area (Å²) >= 11 is 1.38. The third-order valence-electron chi connectivity index (χ3n) is 1.97. The van der Waals surface area contributed by atoms with Crippen LogP contribution in [0.2, 0.25) is 0 Å². The Hall–Kier alpha value is -1.81. The van der Waals surface area contributed by atoms with Crippen LogP contribution < -0.4 is 0 Å². The van der Waals surface area contributed by atoms with Crippen LogP contribution in [0, 0.1) is 16.2 Å². The number of rotatable bonds is 3. The Kier molecular flexibility index (Phi) is 3.22. The minimum Gasteiger partial charge on any atom is -0.258 e. The van der Waals surface area contributed by atoms with Gasteiger partial charge in [-0.1, -0.05) is 36.0 Å². The summed E-state index contributed by atoms with van der Waals surface area (Å²) in [7, 11) is 0. The van der Waals surface area contributed by atoms with Crippen molar-refractivity contribution in [3.05, 3.63) is 64.7 Å². The third kappa shape index (κ3) is 2.41. The van der Waals surface area contributed by atoms with E-state index in [1.54, 1.807) is 12.1 Å². The van der Waals surface area contributed by atoms with Gasteiger partial charge >= 0.3 is 0 Å². The molecule has 0 aromatic heterocycles. The topological polar surface area (TPSA) is 43.1 Å². The zero-order valence-electron chi connectivity index (χ0n) is 8.29. The Balaban J connectivity index is 2.31. The molecular weight excluding hydrogens is 222 g/mol. The van der Waals surface area contributed by atoms with Crippen LogP contribution in [0.4, 0.5) is 5.69 Å². The summed E-state index contributed by atoms with van der Waals surface area (Å²) in [5, 5.41) is 10.8. The van der Waals surface area contributed by atoms with Crippen molar-refractivity contribution in [2.24, 2.45) is 0 Å². The van der Waals surface area contributed by atoms with Crippen molar-refractivity contribution < 1.29 is 4.92 Å². The highest BCUT2D eigenvalue weighted by Crippen LogP contribution is 2.33. The van der Waals surface area contributed by atoms with E-state index in [-0.39, 0.29) is 10.6 Å². The lowest BCUT2D eigenvalue weighted by Gasteiger charge is -2.01. The van der Waals surface area contributed by atoms with E-state index in [2.05, 4.69) is 6.07 Å². The quantitative estimate of drug-likeness (QED) is 0.598. The first-order chi connectivity index (χ1) is 7.77. The zero-order chi connectivity index (χ0) is 11.4. The van der Waals surface area contributed by atoms with E-state index in [9.17, 15) is 10.1 Å². The molecule has 0 unspecified atom stereocenters. The molecule has 0 bridgehead atoms. The van der Waals surface area contributed by atoms with E-state index in [1.807, 2.05) is 30.3 Å². The molecule has 1 radical (unpaired) electrons. The van der Waals surface area contributed by atoms with E-state index >= 15 is 0 Å². The first-order valence-electron chi connectivity index (χ1n) is 4.65. The van der Waals surface area contributed by atoms with Crippen LogP contribution in [-0.2, 0) is 0 Å². The van der Waals surface area contributed by atoms with Gasteiger partial charge in [-0.3, -0.25) is 10.1 Å². The van der Waals surface area contributed by atoms with Crippen molar-refractivity contribution in [3.8, 4) is 0 Å². The molecule has 0 aliphatic rings. The molecule has 0 aliphatic carbocycles. The van der Waals surface area contributed by atoms with Gasteiger partial charge < -0.3 is 0 Å². The van der Waals surface area contributed by atoms with Crippen molar-refractivity contribution in [1.82, 2.24) is 0 Å². The lowest BCUT2D eigenvalue weighted by molar-refractivity contribution is -0.387. The molecule has 79 valence electrons. The Morgan fingerprint density at radius 1 is 1.19 bits per heavy atom. The number of nitrogens with zero attached hydrogens (tertiary/aromatic N) is 1. The summed E-state index contributed by atoms with van der Waals surface area (Å²) in [5.41, 5.74) is 0.0938. The van der Waals surface area contributed by atoms with Crippen LogP contribution in [-0.4, -0.2) is 4.92 Å². The Labute approximate surface area is 97.3 Å². The fourth-order valence-corrected chi connectivity index (χ4v) is 2.17. The van der Waals surface area contributed by atoms with Gasteiger partial charge in [0.2, 0.25) is 0 Å². The molecule has 0 fully saturated rings. The van der Waals surface area contributed by atoms with Gasteiger partial charge in [-0.2, -0.15) is 0 Å². The predicted octanol–water partition coefficient (Wildman–Crippen LogP) is 3.55. The molecule has 0 N–H and O–H groups in total. The van der Waals surface area contributed by atoms with Gasteiger partial charge in [0, 0.05) is 11.0 Å². The molecule has 4 heteroatoms. The molecule has 0 saturated heterocycles. The SMILES string of the molecule is O=[N+]([O-])c1c[c]ccc1Sc1ccccc1. The molecule has 16 heavy (non-hydrogen) atoms. The lowest BCUT2D eigenvalue weighted by Crippen LogP contribution is -1.89. The average molecular weight is 230 g/mol. The van der Waals surface area contributed by atoms with Crippen LogP contribution in [0.3, 0.4) is 0 Å². The van der Waals surface area contributed by atoms with Crippen LogP contribution in [0.25, 0.3) is 0 Å². The van der Waals surface area contributed by atoms with E-state index < -0.39 is 0 Å². The largest absolute Gasteiger partial charge is 0.283 e. The minimum absolute atomic E-state index is 0.0938. The maximum atomic E-state index is 10.8. The smallest absolute Gasteiger partial charge is 0.258 e. The maximum Gasteiger partial charge on any atom is 0.283 e. The molecule has 0 atom stereocenters. The molecule has 0 spiro atoms. The summed E-state index contributed by atoms with van der Waals surface area (Å²) < 4.78 is 0. The van der Waals surface area contributed by atoms with E-state index in [4.69, 9.17) is 0 Å². The molecule has 2 rings (SSSR count). The van der Waals surface area contributed by atoms with E-state index in [0.717, 1.165) is 4.90 Å². The van der Waals surface area contributed by atoms with Crippen molar-refractivity contribution in [3.63, 3.8) is 0 Å². The van der Waals surface area contributed by atoms with Crippen molar-refractivity contribution >= 4 is 17.4 Å². The van der Waals surface area contributed by atoms with Gasteiger partial charge in [0.05, 0.1) is 9.82 Å². The van der Waals surface area contributed by atoms with Gasteiger partial charge in [0.15, 0.2) is 0 Å². The highest BCUT2D eigenvalue weighted by molar-refractivity contribution is 7.99. The Morgan fingerprint density at radius 2 is 1.94 bits per heavy atom. The van der Waals surface area contributed by atoms with Crippen molar-refractivity contribution in [2.75, 3.05) is 0 Å². The van der Waals surface area contributed by atoms with Gasteiger partial charge in [-0.25, -0.2) is 0 Å². The summed E-state index contributed by atoms with van der Waals surface area (Å²) in [5.74, 6) is 0. The van der Waals surface area contributed by atoms with Crippen LogP contribution >= 0.6 is 11.8 Å². The Bertz CT molecular complexity index is 499. The average Bonchev–Trinajstić information content (AvgIpc) is 2.31. The predicted molar refractivity (Wildman–Crippen MR) is 62.5 cm³/mol. The summed E-state index contributed by atoms with van der Waals surface area (Å²) in [4.78, 5) is 12.0. The molecule has 0 saturated carbocycles. The van der Waals surface area contributed by atoms with Gasteiger partial charge in [-0.05, 0) is 24.3 Å². The molecule has 2 aromatic carbocycles. The Morgan fingerprint density at radius 3 is 2.62 bits per heavy atom. The maximum absolute atomic E-state index is 10.8. The number of nitro benzene ring substituents is 1. The normalized spacial score (nSPS) is 10.0. The first-order valence-corrected chi connectivity index (χ1v) is 5.46. The van der Waals surface area contributed by atoms with Crippen LogP contribution in [0.1, 0.15) is 0 Å². The number of hydrogen-bond acceptors (Lipinski definition) is 3. The fourth-order valence-electron chi connectivity index (χ4n) is 1.25. The fraction of sp³-hybridized carbons (Fsp3) is 0. The van der Waals surface area contributed by atoms with Crippen molar-refractivity contribution in [2.45, 2.75) is 9.79 Å². The molecule has 0 aliphatic heterocycles. The second kappa shape index (κ2) is 4.81. The van der Waals surface area contributed by atoms with Crippen LogP contribution in [0.15, 0.2) is 58.3 Å². The summed E-state index contributed by atoms with van der Waals surface area (Å²) in [6, 6.07) is 17.1. The second-order valence-corrected chi connectivity index (χ2v) is 4.18. The monoisotopic (exact) mass is 230 g/mol. The van der Waals surface area contributed by atoms with E-state index in [0.29, 0.717) is 4.90 Å². The van der Waals surface area contributed by atoms with E-state index in [1.165, 1.54) is 17.8 Å². The summed E-state index contributed by atoms with van der Waals surface area (Å²) in [6.07, 6.45) is 0. The highest BCUT2D eigenvalue weighted by Gasteiger charge is 2.12. The number of hydrogen-bond donors (Lipinski definition) is 0. The van der Waals surface area contributed by atoms with Gasteiger partial charge in [0.25, 0.3) is 5.69 Å². The first kappa shape index (κ1) is 10.7. The third-order valence-corrected chi connectivity index (χ3v) is 3.04. The molecule has 2 aromatic rings. The molecular formula is C12H8NO2S. The standard InChI is InChI=1S/C12H8NO2S/c14-13(15)11-8-4-5-9-12(11)16-10-6-2-1-3-7-10/h1-3,5-9H.